The van der Waals surface area contributed by atoms with E-state index in [1.54, 1.807) is 4.90 Å². The molecule has 0 atom stereocenters. The molecule has 6 nitrogen and oxygen atoms in total. The van der Waals surface area contributed by atoms with Gasteiger partial charge in [-0.2, -0.15) is 0 Å². The Morgan fingerprint density at radius 3 is 2.68 bits per heavy atom. The van der Waals surface area contributed by atoms with Crippen molar-refractivity contribution in [2.75, 3.05) is 4.90 Å². The van der Waals surface area contributed by atoms with Crippen LogP contribution in [0.2, 0.25) is 5.02 Å². The third kappa shape index (κ3) is 4.81. The number of carbonyl (C=O) groups is 1. The molecule has 0 radical (unpaired) electrons. The minimum atomic E-state index is -0.146. The molecular formula is C22H19ClN4O2S2. The number of halogens is 1. The first kappa shape index (κ1) is 21.5. The predicted molar refractivity (Wildman–Crippen MR) is 125 cm³/mol. The van der Waals surface area contributed by atoms with E-state index in [4.69, 9.17) is 16.0 Å². The molecule has 0 unspecified atom stereocenters. The van der Waals surface area contributed by atoms with E-state index in [1.807, 2.05) is 61.7 Å². The second-order valence-electron chi connectivity index (χ2n) is 6.92. The van der Waals surface area contributed by atoms with Crippen LogP contribution in [-0.4, -0.2) is 21.1 Å². The number of hydrogen-bond donors (Lipinski definition) is 0. The highest BCUT2D eigenvalue weighted by atomic mass is 35.5. The van der Waals surface area contributed by atoms with E-state index in [-0.39, 0.29) is 5.91 Å². The molecule has 0 N–H and O–H groups in total. The highest BCUT2D eigenvalue weighted by molar-refractivity contribution is 7.98. The SMILES string of the molecule is CC(=O)N(c1nc(CSc2nnc(-c3ccccc3)o2)cs1)c1c(C)cc(C)cc1Cl. The molecule has 31 heavy (non-hydrogen) atoms. The molecule has 2 aromatic heterocycles. The lowest BCUT2D eigenvalue weighted by molar-refractivity contribution is -0.115. The van der Waals surface area contributed by atoms with Gasteiger partial charge in [0.1, 0.15) is 0 Å². The Balaban J connectivity index is 1.51. The molecule has 0 saturated heterocycles. The van der Waals surface area contributed by atoms with Crippen LogP contribution in [-0.2, 0) is 10.5 Å². The van der Waals surface area contributed by atoms with E-state index in [0.29, 0.717) is 32.7 Å². The highest BCUT2D eigenvalue weighted by Crippen LogP contribution is 2.38. The van der Waals surface area contributed by atoms with E-state index in [9.17, 15) is 4.79 Å². The Hall–Kier alpha value is -2.68. The monoisotopic (exact) mass is 470 g/mol. The maximum atomic E-state index is 12.5. The number of thioether (sulfide) groups is 1. The third-order valence-electron chi connectivity index (χ3n) is 4.44. The smallest absolute Gasteiger partial charge is 0.277 e. The van der Waals surface area contributed by atoms with Crippen LogP contribution in [0.15, 0.2) is 57.5 Å². The summed E-state index contributed by atoms with van der Waals surface area (Å²) in [6.07, 6.45) is 0. The van der Waals surface area contributed by atoms with Gasteiger partial charge in [-0.15, -0.1) is 21.5 Å². The van der Waals surface area contributed by atoms with Gasteiger partial charge in [0, 0.05) is 23.6 Å². The number of aromatic nitrogens is 3. The molecule has 0 spiro atoms. The van der Waals surface area contributed by atoms with Gasteiger partial charge in [-0.05, 0) is 43.2 Å². The van der Waals surface area contributed by atoms with Crippen LogP contribution in [0, 0.1) is 13.8 Å². The van der Waals surface area contributed by atoms with Crippen LogP contribution in [0.5, 0.6) is 0 Å². The van der Waals surface area contributed by atoms with Crippen molar-refractivity contribution in [1.29, 1.82) is 0 Å². The molecule has 4 aromatic rings. The Bertz CT molecular complexity index is 1200. The summed E-state index contributed by atoms with van der Waals surface area (Å²) in [5.41, 5.74) is 4.32. The summed E-state index contributed by atoms with van der Waals surface area (Å²) in [6.45, 7) is 5.42. The first-order valence-corrected chi connectivity index (χ1v) is 11.7. The number of amides is 1. The van der Waals surface area contributed by atoms with Crippen molar-refractivity contribution in [3.05, 3.63) is 69.7 Å². The van der Waals surface area contributed by atoms with Crippen molar-refractivity contribution in [3.8, 4) is 11.5 Å². The fourth-order valence-corrected chi connectivity index (χ4v) is 5.19. The van der Waals surface area contributed by atoms with E-state index in [0.717, 1.165) is 22.4 Å². The zero-order valence-electron chi connectivity index (χ0n) is 17.1. The molecule has 0 aliphatic rings. The number of aryl methyl sites for hydroxylation is 2. The first-order valence-electron chi connectivity index (χ1n) is 9.46. The Morgan fingerprint density at radius 1 is 1.19 bits per heavy atom. The number of carbonyl (C=O) groups excluding carboxylic acids is 1. The van der Waals surface area contributed by atoms with Crippen LogP contribution in [0.1, 0.15) is 23.7 Å². The standard InChI is InChI=1S/C22H19ClN4O2S2/c1-13-9-14(2)19(18(23)10-13)27(15(3)28)21-24-17(11-30-21)12-31-22-26-25-20(29-22)16-7-5-4-6-8-16/h4-11H,12H2,1-3H3. The highest BCUT2D eigenvalue weighted by Gasteiger charge is 2.23. The Labute approximate surface area is 193 Å². The molecular weight excluding hydrogens is 452 g/mol. The summed E-state index contributed by atoms with van der Waals surface area (Å²) >= 11 is 9.27. The van der Waals surface area contributed by atoms with Crippen LogP contribution < -0.4 is 4.90 Å². The van der Waals surface area contributed by atoms with Gasteiger partial charge in [-0.1, -0.05) is 47.6 Å². The molecule has 0 fully saturated rings. The van der Waals surface area contributed by atoms with Gasteiger partial charge in [0.15, 0.2) is 5.13 Å². The predicted octanol–water partition coefficient (Wildman–Crippen LogP) is 6.44. The van der Waals surface area contributed by atoms with Crippen molar-refractivity contribution >= 4 is 51.4 Å². The lowest BCUT2D eigenvalue weighted by Crippen LogP contribution is -2.24. The molecule has 9 heteroatoms. The third-order valence-corrected chi connectivity index (χ3v) is 6.45. The molecule has 2 heterocycles. The van der Waals surface area contributed by atoms with Gasteiger partial charge in [0.05, 0.1) is 16.4 Å². The van der Waals surface area contributed by atoms with Gasteiger partial charge >= 0.3 is 0 Å². The molecule has 0 aliphatic heterocycles. The molecule has 158 valence electrons. The maximum Gasteiger partial charge on any atom is 0.277 e. The van der Waals surface area contributed by atoms with E-state index < -0.39 is 0 Å². The Kier molecular flexibility index (Phi) is 6.41. The summed E-state index contributed by atoms with van der Waals surface area (Å²) < 4.78 is 5.73. The average molecular weight is 471 g/mol. The molecule has 1 amide bonds. The average Bonchev–Trinajstić information content (AvgIpc) is 3.39. The number of hydrogen-bond acceptors (Lipinski definition) is 7. The van der Waals surface area contributed by atoms with Crippen LogP contribution in [0.3, 0.4) is 0 Å². The van der Waals surface area contributed by atoms with Gasteiger partial charge in [-0.3, -0.25) is 9.69 Å². The van der Waals surface area contributed by atoms with Crippen LogP contribution in [0.4, 0.5) is 10.8 Å². The van der Waals surface area contributed by atoms with Gasteiger partial charge in [0.25, 0.3) is 5.22 Å². The number of rotatable bonds is 6. The first-order chi connectivity index (χ1) is 14.9. The van der Waals surface area contributed by atoms with E-state index in [2.05, 4.69) is 15.2 Å². The summed E-state index contributed by atoms with van der Waals surface area (Å²) in [4.78, 5) is 18.7. The number of anilines is 2. The minimum absolute atomic E-state index is 0.146. The van der Waals surface area contributed by atoms with Gasteiger partial charge in [0.2, 0.25) is 11.8 Å². The maximum absolute atomic E-state index is 12.5. The second-order valence-corrected chi connectivity index (χ2v) is 9.09. The van der Waals surface area contributed by atoms with Crippen LogP contribution in [0.25, 0.3) is 11.5 Å². The lowest BCUT2D eigenvalue weighted by atomic mass is 10.1. The van der Waals surface area contributed by atoms with Crippen molar-refractivity contribution in [2.45, 2.75) is 31.7 Å². The summed E-state index contributed by atoms with van der Waals surface area (Å²) in [6, 6.07) is 13.5. The lowest BCUT2D eigenvalue weighted by Gasteiger charge is -2.22. The van der Waals surface area contributed by atoms with Crippen molar-refractivity contribution in [2.24, 2.45) is 0 Å². The summed E-state index contributed by atoms with van der Waals surface area (Å²) in [5.74, 6) is 0.875. The normalized spacial score (nSPS) is 11.0. The molecule has 0 saturated carbocycles. The number of benzene rings is 2. The number of nitrogens with zero attached hydrogens (tertiary/aromatic N) is 4. The van der Waals surface area contributed by atoms with Gasteiger partial charge in [-0.25, -0.2) is 4.98 Å². The van der Waals surface area contributed by atoms with Crippen molar-refractivity contribution in [1.82, 2.24) is 15.2 Å². The zero-order chi connectivity index (χ0) is 22.0. The fraction of sp³-hybridized carbons (Fsp3) is 0.182. The summed E-state index contributed by atoms with van der Waals surface area (Å²) in [7, 11) is 0. The van der Waals surface area contributed by atoms with Gasteiger partial charge < -0.3 is 4.42 Å². The number of thiazole rings is 1. The zero-order valence-corrected chi connectivity index (χ0v) is 19.5. The second kappa shape index (κ2) is 9.21. The molecule has 0 bridgehead atoms. The minimum Gasteiger partial charge on any atom is -0.411 e. The molecule has 0 aliphatic carbocycles. The largest absolute Gasteiger partial charge is 0.411 e. The van der Waals surface area contributed by atoms with Crippen molar-refractivity contribution < 1.29 is 9.21 Å². The van der Waals surface area contributed by atoms with E-state index in [1.165, 1.54) is 30.0 Å². The van der Waals surface area contributed by atoms with Crippen LogP contribution >= 0.6 is 34.7 Å². The summed E-state index contributed by atoms with van der Waals surface area (Å²) in [5, 5.41) is 11.7. The molecule has 4 rings (SSSR count). The quantitative estimate of drug-likeness (QED) is 0.302. The molecule has 2 aromatic carbocycles. The topological polar surface area (TPSA) is 72.1 Å². The van der Waals surface area contributed by atoms with Crippen molar-refractivity contribution in [3.63, 3.8) is 0 Å². The fourth-order valence-electron chi connectivity index (χ4n) is 3.15. The van der Waals surface area contributed by atoms with E-state index >= 15 is 0 Å². The Morgan fingerprint density at radius 2 is 1.97 bits per heavy atom.